The van der Waals surface area contributed by atoms with Crippen molar-refractivity contribution >= 4 is 28.0 Å². The number of rotatable bonds is 2. The molecule has 0 spiro atoms. The summed E-state index contributed by atoms with van der Waals surface area (Å²) in [6.07, 6.45) is 4.70. The highest BCUT2D eigenvalue weighted by atomic mass is 32.2. The molecule has 0 aromatic carbocycles. The minimum absolute atomic E-state index is 0.0564. The van der Waals surface area contributed by atoms with Gasteiger partial charge in [-0.05, 0) is 32.0 Å². The Morgan fingerprint density at radius 2 is 2.05 bits per heavy atom. The van der Waals surface area contributed by atoms with E-state index in [2.05, 4.69) is 19.7 Å². The fourth-order valence-electron chi connectivity index (χ4n) is 3.29. The smallest absolute Gasteiger partial charge is 0.226 e. The van der Waals surface area contributed by atoms with E-state index in [0.29, 0.717) is 17.4 Å². The summed E-state index contributed by atoms with van der Waals surface area (Å²) >= 11 is 5.36. The van der Waals surface area contributed by atoms with Gasteiger partial charge in [0.2, 0.25) is 5.95 Å². The minimum atomic E-state index is -2.91. The number of nitrogens with one attached hydrogen (secondary N) is 1. The molecule has 2 aliphatic rings. The highest BCUT2D eigenvalue weighted by Crippen LogP contribution is 2.33. The van der Waals surface area contributed by atoms with Gasteiger partial charge in [-0.25, -0.2) is 13.5 Å². The predicted molar refractivity (Wildman–Crippen MR) is 80.4 cm³/mol. The Morgan fingerprint density at radius 3 is 2.70 bits per heavy atom. The van der Waals surface area contributed by atoms with E-state index < -0.39 is 9.84 Å². The highest BCUT2D eigenvalue weighted by molar-refractivity contribution is 7.91. The van der Waals surface area contributed by atoms with E-state index in [-0.39, 0.29) is 17.5 Å². The predicted octanol–water partition coefficient (Wildman–Crippen LogP) is 1.68. The number of nitrogens with zero attached hydrogens (tertiary/aromatic N) is 3. The van der Waals surface area contributed by atoms with Gasteiger partial charge in [0.15, 0.2) is 14.6 Å². The molecule has 1 unspecified atom stereocenters. The first kappa shape index (κ1) is 14.1. The summed E-state index contributed by atoms with van der Waals surface area (Å²) in [6, 6.07) is 0.348. The van der Waals surface area contributed by atoms with Crippen LogP contribution in [0.15, 0.2) is 0 Å². The number of hydrogen-bond acceptors (Lipinski definition) is 5. The molecule has 1 aromatic rings. The average molecular weight is 316 g/mol. The molecule has 1 atom stereocenters. The van der Waals surface area contributed by atoms with Crippen LogP contribution >= 0.6 is 12.2 Å². The molecule has 112 valence electrons. The second kappa shape index (κ2) is 5.14. The van der Waals surface area contributed by atoms with E-state index in [1.165, 1.54) is 12.8 Å². The maximum atomic E-state index is 11.7. The first-order valence-corrected chi connectivity index (χ1v) is 9.35. The molecule has 0 bridgehead atoms. The van der Waals surface area contributed by atoms with Gasteiger partial charge in [0, 0.05) is 18.6 Å². The van der Waals surface area contributed by atoms with Crippen LogP contribution in [0.25, 0.3) is 0 Å². The van der Waals surface area contributed by atoms with Gasteiger partial charge in [0.05, 0.1) is 11.5 Å². The standard InChI is InChI=1S/C12H20N4O2S2/c1-9-8-20(17,18)7-6-15(9)11-13-14-12(19)16(11)10-4-2-3-5-10/h9-10H,2-8H2,1H3,(H,14,19). The van der Waals surface area contributed by atoms with Crippen LogP contribution < -0.4 is 4.90 Å². The van der Waals surface area contributed by atoms with Crippen LogP contribution in [-0.2, 0) is 9.84 Å². The van der Waals surface area contributed by atoms with Crippen LogP contribution in [0.5, 0.6) is 0 Å². The number of anilines is 1. The minimum Gasteiger partial charge on any atom is -0.336 e. The molecule has 1 N–H and O–H groups in total. The van der Waals surface area contributed by atoms with Crippen molar-refractivity contribution in [1.29, 1.82) is 0 Å². The van der Waals surface area contributed by atoms with Crippen molar-refractivity contribution in [2.75, 3.05) is 23.0 Å². The molecule has 0 radical (unpaired) electrons. The largest absolute Gasteiger partial charge is 0.336 e. The van der Waals surface area contributed by atoms with Crippen LogP contribution in [0.4, 0.5) is 5.95 Å². The lowest BCUT2D eigenvalue weighted by Crippen LogP contribution is -2.48. The van der Waals surface area contributed by atoms with Crippen LogP contribution in [0.1, 0.15) is 38.6 Å². The Balaban J connectivity index is 1.93. The molecule has 1 saturated heterocycles. The number of H-pyrrole nitrogens is 1. The molecule has 1 aliphatic heterocycles. The topological polar surface area (TPSA) is 71.0 Å². The maximum Gasteiger partial charge on any atom is 0.226 e. The van der Waals surface area contributed by atoms with Crippen LogP contribution in [-0.4, -0.2) is 47.3 Å². The molecule has 2 heterocycles. The van der Waals surface area contributed by atoms with E-state index in [0.717, 1.165) is 18.8 Å². The van der Waals surface area contributed by atoms with E-state index >= 15 is 0 Å². The van der Waals surface area contributed by atoms with E-state index in [1.54, 1.807) is 0 Å². The maximum absolute atomic E-state index is 11.7. The van der Waals surface area contributed by atoms with Gasteiger partial charge in [0.1, 0.15) is 0 Å². The molecular weight excluding hydrogens is 296 g/mol. The van der Waals surface area contributed by atoms with Gasteiger partial charge in [-0.15, -0.1) is 5.10 Å². The summed E-state index contributed by atoms with van der Waals surface area (Å²) in [5, 5.41) is 7.24. The van der Waals surface area contributed by atoms with Crippen LogP contribution in [0.3, 0.4) is 0 Å². The van der Waals surface area contributed by atoms with Gasteiger partial charge in [-0.2, -0.15) is 0 Å². The molecule has 1 saturated carbocycles. The van der Waals surface area contributed by atoms with Crippen LogP contribution in [0.2, 0.25) is 0 Å². The average Bonchev–Trinajstić information content (AvgIpc) is 2.97. The van der Waals surface area contributed by atoms with Gasteiger partial charge in [-0.1, -0.05) is 12.8 Å². The van der Waals surface area contributed by atoms with Gasteiger partial charge < -0.3 is 4.90 Å². The van der Waals surface area contributed by atoms with Gasteiger partial charge in [0.25, 0.3) is 0 Å². The summed E-state index contributed by atoms with van der Waals surface area (Å²) in [6.45, 7) is 2.43. The molecule has 2 fully saturated rings. The third kappa shape index (κ3) is 2.50. The van der Waals surface area contributed by atoms with Crippen molar-refractivity contribution in [1.82, 2.24) is 14.8 Å². The monoisotopic (exact) mass is 316 g/mol. The molecule has 1 aliphatic carbocycles. The SMILES string of the molecule is CC1CS(=O)(=O)CCN1c1n[nH]c(=S)n1C1CCCC1. The zero-order valence-electron chi connectivity index (χ0n) is 11.6. The molecule has 0 amide bonds. The Labute approximate surface area is 124 Å². The second-order valence-corrected chi connectivity index (χ2v) is 8.41. The molecule has 6 nitrogen and oxygen atoms in total. The normalized spacial score (nSPS) is 27.1. The first-order valence-electron chi connectivity index (χ1n) is 7.12. The fourth-order valence-corrected chi connectivity index (χ4v) is 5.12. The Hall–Kier alpha value is -0.890. The number of aromatic amines is 1. The van der Waals surface area contributed by atoms with E-state index in [4.69, 9.17) is 12.2 Å². The van der Waals surface area contributed by atoms with Crippen molar-refractivity contribution in [2.45, 2.75) is 44.7 Å². The van der Waals surface area contributed by atoms with Crippen LogP contribution in [0, 0.1) is 4.77 Å². The van der Waals surface area contributed by atoms with Crippen molar-refractivity contribution in [3.8, 4) is 0 Å². The molecule has 3 rings (SSSR count). The molecule has 20 heavy (non-hydrogen) atoms. The number of sulfone groups is 1. The van der Waals surface area contributed by atoms with Crippen molar-refractivity contribution < 1.29 is 8.42 Å². The highest BCUT2D eigenvalue weighted by Gasteiger charge is 2.32. The fraction of sp³-hybridized carbons (Fsp3) is 0.833. The number of hydrogen-bond donors (Lipinski definition) is 1. The lowest BCUT2D eigenvalue weighted by Gasteiger charge is -2.34. The number of aromatic nitrogens is 3. The van der Waals surface area contributed by atoms with Crippen molar-refractivity contribution in [2.24, 2.45) is 0 Å². The van der Waals surface area contributed by atoms with Crippen molar-refractivity contribution in [3.05, 3.63) is 4.77 Å². The lowest BCUT2D eigenvalue weighted by atomic mass is 10.2. The van der Waals surface area contributed by atoms with E-state index in [1.807, 2.05) is 6.92 Å². The van der Waals surface area contributed by atoms with Crippen molar-refractivity contribution in [3.63, 3.8) is 0 Å². The van der Waals surface area contributed by atoms with Gasteiger partial charge >= 0.3 is 0 Å². The zero-order valence-corrected chi connectivity index (χ0v) is 13.2. The summed E-state index contributed by atoms with van der Waals surface area (Å²) in [4.78, 5) is 2.08. The summed E-state index contributed by atoms with van der Waals surface area (Å²) < 4.78 is 26.1. The lowest BCUT2D eigenvalue weighted by molar-refractivity contribution is 0.496. The quantitative estimate of drug-likeness (QED) is 0.841. The van der Waals surface area contributed by atoms with E-state index in [9.17, 15) is 8.42 Å². The molecule has 8 heteroatoms. The first-order chi connectivity index (χ1) is 9.48. The molecule has 1 aromatic heterocycles. The Bertz CT molecular complexity index is 643. The summed E-state index contributed by atoms with van der Waals surface area (Å²) in [5.41, 5.74) is 0. The Kier molecular flexibility index (Phi) is 3.62. The molecular formula is C12H20N4O2S2. The third-order valence-electron chi connectivity index (χ3n) is 4.30. The third-order valence-corrected chi connectivity index (χ3v) is 6.39. The summed E-state index contributed by atoms with van der Waals surface area (Å²) in [7, 11) is -2.91. The second-order valence-electron chi connectivity index (χ2n) is 5.79. The zero-order chi connectivity index (χ0) is 14.3. The Morgan fingerprint density at radius 1 is 1.35 bits per heavy atom. The van der Waals surface area contributed by atoms with Gasteiger partial charge in [-0.3, -0.25) is 4.57 Å². The summed E-state index contributed by atoms with van der Waals surface area (Å²) in [5.74, 6) is 1.20.